The molecule has 3 rings (SSSR count). The van der Waals surface area contributed by atoms with E-state index in [1.54, 1.807) is 11.3 Å². The summed E-state index contributed by atoms with van der Waals surface area (Å²) in [6, 6.07) is 12.1. The molecule has 1 amide bonds. The molecule has 1 aliphatic carbocycles. The lowest BCUT2D eigenvalue weighted by Crippen LogP contribution is -2.38. The van der Waals surface area contributed by atoms with Gasteiger partial charge in [-0.25, -0.2) is 0 Å². The van der Waals surface area contributed by atoms with E-state index >= 15 is 0 Å². The number of thiophene rings is 1. The van der Waals surface area contributed by atoms with Crippen LogP contribution in [0, 0.1) is 5.92 Å². The van der Waals surface area contributed by atoms with E-state index in [4.69, 9.17) is 4.74 Å². The Morgan fingerprint density at radius 2 is 2.18 bits per heavy atom. The molecule has 3 unspecified atom stereocenters. The van der Waals surface area contributed by atoms with Crippen molar-refractivity contribution in [3.63, 3.8) is 0 Å². The van der Waals surface area contributed by atoms with Crippen molar-refractivity contribution in [2.75, 3.05) is 11.9 Å². The van der Waals surface area contributed by atoms with Crippen molar-refractivity contribution in [1.82, 2.24) is 5.32 Å². The van der Waals surface area contributed by atoms with Gasteiger partial charge in [0, 0.05) is 17.1 Å². The van der Waals surface area contributed by atoms with E-state index in [-0.39, 0.29) is 11.9 Å². The van der Waals surface area contributed by atoms with Crippen LogP contribution in [-0.4, -0.2) is 24.6 Å². The first-order chi connectivity index (χ1) is 13.6. The number of anilines is 1. The summed E-state index contributed by atoms with van der Waals surface area (Å²) < 4.78 is 6.13. The van der Waals surface area contributed by atoms with Gasteiger partial charge in [0.05, 0.1) is 12.7 Å². The Labute approximate surface area is 172 Å². The molecule has 0 saturated heterocycles. The molecule has 1 aromatic heterocycles. The standard InChI is InChI=1S/C23H32N2O2S/c1-17-6-3-9-21(14-17)27-16-19-7-4-8-20(15-19)25-18(2)23(26)24-12-11-22-10-5-13-28-22/h4-5,7-8,10,13,15,17-18,21,25H,3,6,9,11-12,14,16H2,1-2H3,(H,24,26). The minimum atomic E-state index is -0.279. The molecule has 0 radical (unpaired) electrons. The number of benzene rings is 1. The van der Waals surface area contributed by atoms with E-state index in [0.717, 1.165) is 23.6 Å². The number of nitrogens with one attached hydrogen (secondary N) is 2. The van der Waals surface area contributed by atoms with E-state index in [0.29, 0.717) is 19.3 Å². The Balaban J connectivity index is 1.43. The Morgan fingerprint density at radius 1 is 1.29 bits per heavy atom. The average molecular weight is 401 g/mol. The van der Waals surface area contributed by atoms with E-state index < -0.39 is 0 Å². The largest absolute Gasteiger partial charge is 0.374 e. The first-order valence-corrected chi connectivity index (χ1v) is 11.3. The minimum absolute atomic E-state index is 0.0226. The number of hydrogen-bond donors (Lipinski definition) is 2. The number of ether oxygens (including phenoxy) is 1. The maximum Gasteiger partial charge on any atom is 0.242 e. The molecule has 0 bridgehead atoms. The van der Waals surface area contributed by atoms with E-state index in [9.17, 15) is 4.79 Å². The van der Waals surface area contributed by atoms with Crippen LogP contribution in [0.1, 0.15) is 50.0 Å². The highest BCUT2D eigenvalue weighted by atomic mass is 32.1. The van der Waals surface area contributed by atoms with Gasteiger partial charge in [0.15, 0.2) is 0 Å². The third kappa shape index (κ3) is 6.64. The Bertz CT molecular complexity index is 732. The summed E-state index contributed by atoms with van der Waals surface area (Å²) in [5.41, 5.74) is 2.10. The van der Waals surface area contributed by atoms with Crippen LogP contribution in [0.2, 0.25) is 0 Å². The van der Waals surface area contributed by atoms with E-state index in [2.05, 4.69) is 41.1 Å². The van der Waals surface area contributed by atoms with Gasteiger partial charge in [-0.15, -0.1) is 11.3 Å². The van der Waals surface area contributed by atoms with E-state index in [1.165, 1.54) is 30.6 Å². The molecule has 0 spiro atoms. The van der Waals surface area contributed by atoms with Crippen LogP contribution in [0.15, 0.2) is 41.8 Å². The van der Waals surface area contributed by atoms with Gasteiger partial charge in [-0.1, -0.05) is 38.0 Å². The van der Waals surface area contributed by atoms with Gasteiger partial charge in [-0.3, -0.25) is 4.79 Å². The molecular formula is C23H32N2O2S. The molecule has 4 nitrogen and oxygen atoms in total. The molecule has 28 heavy (non-hydrogen) atoms. The summed E-state index contributed by atoms with van der Waals surface area (Å²) in [4.78, 5) is 13.6. The predicted molar refractivity (Wildman–Crippen MR) is 117 cm³/mol. The molecule has 1 fully saturated rings. The molecule has 1 aromatic carbocycles. The first-order valence-electron chi connectivity index (χ1n) is 10.4. The second-order valence-electron chi connectivity index (χ2n) is 7.89. The molecule has 2 aromatic rings. The van der Waals surface area contributed by atoms with Crippen LogP contribution in [0.25, 0.3) is 0 Å². The summed E-state index contributed by atoms with van der Waals surface area (Å²) >= 11 is 1.72. The smallest absolute Gasteiger partial charge is 0.242 e. The summed E-state index contributed by atoms with van der Waals surface area (Å²) in [5.74, 6) is 0.792. The summed E-state index contributed by atoms with van der Waals surface area (Å²) in [7, 11) is 0. The lowest BCUT2D eigenvalue weighted by Gasteiger charge is -2.26. The van der Waals surface area contributed by atoms with Gasteiger partial charge >= 0.3 is 0 Å². The third-order valence-electron chi connectivity index (χ3n) is 5.33. The van der Waals surface area contributed by atoms with Crippen molar-refractivity contribution < 1.29 is 9.53 Å². The summed E-state index contributed by atoms with van der Waals surface area (Å²) in [6.07, 6.45) is 6.20. The second kappa shape index (κ2) is 10.6. The molecule has 152 valence electrons. The average Bonchev–Trinajstić information content (AvgIpc) is 3.20. The number of amides is 1. The fraction of sp³-hybridized carbons (Fsp3) is 0.522. The minimum Gasteiger partial charge on any atom is -0.374 e. The molecule has 5 heteroatoms. The van der Waals surface area contributed by atoms with Crippen LogP contribution < -0.4 is 10.6 Å². The van der Waals surface area contributed by atoms with Crippen molar-refractivity contribution in [1.29, 1.82) is 0 Å². The topological polar surface area (TPSA) is 50.4 Å². The van der Waals surface area contributed by atoms with E-state index in [1.807, 2.05) is 25.1 Å². The SMILES string of the molecule is CC1CCCC(OCc2cccc(NC(C)C(=O)NCCc3cccs3)c2)C1. The number of hydrogen-bond acceptors (Lipinski definition) is 4. The van der Waals surface area contributed by atoms with Crippen molar-refractivity contribution in [2.24, 2.45) is 5.92 Å². The van der Waals surface area contributed by atoms with Crippen LogP contribution in [0.3, 0.4) is 0 Å². The Morgan fingerprint density at radius 3 is 2.96 bits per heavy atom. The molecule has 1 heterocycles. The van der Waals surface area contributed by atoms with Crippen LogP contribution in [0.5, 0.6) is 0 Å². The maximum absolute atomic E-state index is 12.3. The molecule has 1 aliphatic rings. The summed E-state index contributed by atoms with van der Waals surface area (Å²) in [6.45, 7) is 5.51. The molecule has 2 N–H and O–H groups in total. The van der Waals surface area contributed by atoms with Crippen LogP contribution in [0.4, 0.5) is 5.69 Å². The lowest BCUT2D eigenvalue weighted by molar-refractivity contribution is -0.121. The fourth-order valence-corrected chi connectivity index (χ4v) is 4.44. The van der Waals surface area contributed by atoms with Crippen molar-refractivity contribution in [2.45, 2.75) is 64.7 Å². The van der Waals surface area contributed by atoms with Crippen molar-refractivity contribution in [3.8, 4) is 0 Å². The monoisotopic (exact) mass is 400 g/mol. The maximum atomic E-state index is 12.3. The van der Waals surface area contributed by atoms with Crippen molar-refractivity contribution >= 4 is 22.9 Å². The highest BCUT2D eigenvalue weighted by Crippen LogP contribution is 2.26. The zero-order valence-corrected chi connectivity index (χ0v) is 17.8. The van der Waals surface area contributed by atoms with Gasteiger partial charge in [0.2, 0.25) is 5.91 Å². The predicted octanol–water partition coefficient (Wildman–Crippen LogP) is 5.00. The molecule has 1 saturated carbocycles. The lowest BCUT2D eigenvalue weighted by atomic mass is 9.89. The van der Waals surface area contributed by atoms with Gasteiger partial charge in [0.25, 0.3) is 0 Å². The number of carbonyl (C=O) groups is 1. The zero-order chi connectivity index (χ0) is 19.8. The number of rotatable bonds is 9. The Kier molecular flexibility index (Phi) is 7.92. The Hall–Kier alpha value is -1.85. The van der Waals surface area contributed by atoms with Crippen molar-refractivity contribution in [3.05, 3.63) is 52.2 Å². The first kappa shape index (κ1) is 20.9. The highest BCUT2D eigenvalue weighted by Gasteiger charge is 2.19. The zero-order valence-electron chi connectivity index (χ0n) is 16.9. The van der Waals surface area contributed by atoms with Crippen LogP contribution in [-0.2, 0) is 22.6 Å². The highest BCUT2D eigenvalue weighted by molar-refractivity contribution is 7.09. The normalized spacial score (nSPS) is 20.5. The van der Waals surface area contributed by atoms with Gasteiger partial charge in [-0.05, 0) is 61.2 Å². The fourth-order valence-electron chi connectivity index (χ4n) is 3.73. The molecule has 3 atom stereocenters. The van der Waals surface area contributed by atoms with Gasteiger partial charge in [0.1, 0.15) is 6.04 Å². The molecular weight excluding hydrogens is 368 g/mol. The molecule has 0 aliphatic heterocycles. The number of carbonyl (C=O) groups excluding carboxylic acids is 1. The van der Waals surface area contributed by atoms with Crippen LogP contribution >= 0.6 is 11.3 Å². The van der Waals surface area contributed by atoms with Gasteiger partial charge < -0.3 is 15.4 Å². The van der Waals surface area contributed by atoms with Gasteiger partial charge in [-0.2, -0.15) is 0 Å². The second-order valence-corrected chi connectivity index (χ2v) is 8.92. The summed E-state index contributed by atoms with van der Waals surface area (Å²) in [5, 5.41) is 8.38. The quantitative estimate of drug-likeness (QED) is 0.622. The third-order valence-corrected chi connectivity index (χ3v) is 6.26.